The monoisotopic (exact) mass is 216 g/mol. The van der Waals surface area contributed by atoms with Gasteiger partial charge in [-0.25, -0.2) is 0 Å². The van der Waals surface area contributed by atoms with E-state index in [1.165, 1.54) is 0 Å². The van der Waals surface area contributed by atoms with Gasteiger partial charge in [0.05, 0.1) is 11.3 Å². The van der Waals surface area contributed by atoms with Crippen molar-refractivity contribution in [3.63, 3.8) is 0 Å². The molecule has 0 unspecified atom stereocenters. The summed E-state index contributed by atoms with van der Waals surface area (Å²) in [6.07, 6.45) is 6.62. The van der Waals surface area contributed by atoms with Crippen molar-refractivity contribution in [2.45, 2.75) is 26.7 Å². The first kappa shape index (κ1) is 12.3. The second-order valence-electron chi connectivity index (χ2n) is 3.65. The Morgan fingerprint density at radius 1 is 1.50 bits per heavy atom. The van der Waals surface area contributed by atoms with Crippen LogP contribution in [0.2, 0.25) is 0 Å². The topological polar surface area (TPSA) is 42.0 Å². The Balaban J connectivity index is 2.57. The first-order valence-electron chi connectivity index (χ1n) is 5.31. The lowest BCUT2D eigenvalue weighted by molar-refractivity contribution is 0.0952. The Hall–Kier alpha value is -1.82. The number of hydrogen-bond acceptors (Lipinski definition) is 2. The number of amides is 1. The predicted molar refractivity (Wildman–Crippen MR) is 64.1 cm³/mol. The molecule has 1 rings (SSSR count). The molecule has 0 aliphatic rings. The molecule has 84 valence electrons. The van der Waals surface area contributed by atoms with E-state index in [1.807, 2.05) is 19.9 Å². The van der Waals surface area contributed by atoms with Crippen LogP contribution in [0.5, 0.6) is 0 Å². The molecule has 0 bridgehead atoms. The largest absolute Gasteiger partial charge is 0.352 e. The highest BCUT2D eigenvalue weighted by Crippen LogP contribution is 2.06. The summed E-state index contributed by atoms with van der Waals surface area (Å²) in [5, 5.41) is 2.82. The Morgan fingerprint density at radius 3 is 2.88 bits per heavy atom. The van der Waals surface area contributed by atoms with Gasteiger partial charge in [-0.15, -0.1) is 12.3 Å². The van der Waals surface area contributed by atoms with Crippen LogP contribution in [0, 0.1) is 26.2 Å². The van der Waals surface area contributed by atoms with Gasteiger partial charge in [0.25, 0.3) is 5.91 Å². The van der Waals surface area contributed by atoms with Gasteiger partial charge in [-0.1, -0.05) is 0 Å². The Kier molecular flexibility index (Phi) is 4.53. The number of aryl methyl sites for hydroxylation is 2. The minimum Gasteiger partial charge on any atom is -0.352 e. The lowest BCUT2D eigenvalue weighted by Gasteiger charge is -2.06. The molecule has 0 atom stereocenters. The zero-order chi connectivity index (χ0) is 12.0. The van der Waals surface area contributed by atoms with Crippen LogP contribution in [0.3, 0.4) is 0 Å². The van der Waals surface area contributed by atoms with E-state index in [1.54, 1.807) is 6.07 Å². The number of nitrogens with one attached hydrogen (secondary N) is 1. The molecular formula is C13H16N2O. The van der Waals surface area contributed by atoms with Crippen molar-refractivity contribution in [2.75, 3.05) is 6.54 Å². The van der Waals surface area contributed by atoms with Crippen molar-refractivity contribution >= 4 is 5.91 Å². The van der Waals surface area contributed by atoms with Gasteiger partial charge >= 0.3 is 0 Å². The summed E-state index contributed by atoms with van der Waals surface area (Å²) >= 11 is 0. The summed E-state index contributed by atoms with van der Waals surface area (Å²) in [5.74, 6) is 2.45. The summed E-state index contributed by atoms with van der Waals surface area (Å²) in [6, 6.07) is 3.64. The summed E-state index contributed by atoms with van der Waals surface area (Å²) < 4.78 is 0. The van der Waals surface area contributed by atoms with Gasteiger partial charge in [0, 0.05) is 18.7 Å². The summed E-state index contributed by atoms with van der Waals surface area (Å²) in [4.78, 5) is 16.0. The molecule has 1 amide bonds. The molecule has 0 aromatic carbocycles. The van der Waals surface area contributed by atoms with Gasteiger partial charge in [0.1, 0.15) is 0 Å². The van der Waals surface area contributed by atoms with E-state index in [9.17, 15) is 4.79 Å². The molecule has 0 aliphatic heterocycles. The maximum Gasteiger partial charge on any atom is 0.253 e. The van der Waals surface area contributed by atoms with E-state index in [2.05, 4.69) is 16.2 Å². The lowest BCUT2D eigenvalue weighted by Crippen LogP contribution is -2.25. The van der Waals surface area contributed by atoms with Crippen LogP contribution in [0.4, 0.5) is 0 Å². The van der Waals surface area contributed by atoms with Crippen LogP contribution in [0.15, 0.2) is 12.1 Å². The minimum absolute atomic E-state index is 0.0815. The van der Waals surface area contributed by atoms with Crippen LogP contribution in [-0.2, 0) is 0 Å². The zero-order valence-electron chi connectivity index (χ0n) is 9.71. The molecular weight excluding hydrogens is 200 g/mol. The maximum atomic E-state index is 11.7. The van der Waals surface area contributed by atoms with E-state index >= 15 is 0 Å². The fourth-order valence-electron chi connectivity index (χ4n) is 1.41. The highest BCUT2D eigenvalue weighted by atomic mass is 16.1. The van der Waals surface area contributed by atoms with Gasteiger partial charge < -0.3 is 5.32 Å². The minimum atomic E-state index is -0.0815. The third-order valence-corrected chi connectivity index (χ3v) is 2.25. The van der Waals surface area contributed by atoms with Gasteiger partial charge in [0.2, 0.25) is 0 Å². The first-order chi connectivity index (χ1) is 7.65. The molecule has 1 aromatic heterocycles. The maximum absolute atomic E-state index is 11.7. The van der Waals surface area contributed by atoms with E-state index in [4.69, 9.17) is 6.42 Å². The third-order valence-electron chi connectivity index (χ3n) is 2.25. The molecule has 1 heterocycles. The molecule has 0 radical (unpaired) electrons. The van der Waals surface area contributed by atoms with Crippen LogP contribution in [-0.4, -0.2) is 17.4 Å². The molecule has 1 aromatic rings. The molecule has 0 saturated heterocycles. The standard InChI is InChI=1S/C13H16N2O/c1-4-5-6-9-14-13(16)12-8-7-10(2)15-11(12)3/h1,7-8H,5-6,9H2,2-3H3,(H,14,16). The first-order valence-corrected chi connectivity index (χ1v) is 5.31. The van der Waals surface area contributed by atoms with Crippen LogP contribution < -0.4 is 5.32 Å². The van der Waals surface area contributed by atoms with Gasteiger partial charge in [-0.3, -0.25) is 9.78 Å². The number of unbranched alkanes of at least 4 members (excludes halogenated alkanes) is 1. The fraction of sp³-hybridized carbons (Fsp3) is 0.385. The van der Waals surface area contributed by atoms with Crippen LogP contribution in [0.25, 0.3) is 0 Å². The third kappa shape index (κ3) is 3.39. The Bertz CT molecular complexity index is 418. The van der Waals surface area contributed by atoms with Crippen molar-refractivity contribution in [2.24, 2.45) is 0 Å². The van der Waals surface area contributed by atoms with Gasteiger partial charge in [-0.2, -0.15) is 0 Å². The number of hydrogen-bond donors (Lipinski definition) is 1. The second-order valence-corrected chi connectivity index (χ2v) is 3.65. The van der Waals surface area contributed by atoms with Crippen molar-refractivity contribution in [3.05, 3.63) is 29.1 Å². The molecule has 3 nitrogen and oxygen atoms in total. The molecule has 3 heteroatoms. The van der Waals surface area contributed by atoms with Crippen LogP contribution >= 0.6 is 0 Å². The average Bonchev–Trinajstić information content (AvgIpc) is 2.24. The predicted octanol–water partition coefficient (Wildman–Crippen LogP) is 1.84. The van der Waals surface area contributed by atoms with Crippen molar-refractivity contribution in [3.8, 4) is 12.3 Å². The van der Waals surface area contributed by atoms with Crippen LogP contribution in [0.1, 0.15) is 34.6 Å². The Labute approximate surface area is 96.3 Å². The average molecular weight is 216 g/mol. The van der Waals surface area contributed by atoms with Crippen molar-refractivity contribution < 1.29 is 4.79 Å². The number of nitrogens with zero attached hydrogens (tertiary/aromatic N) is 1. The second kappa shape index (κ2) is 5.92. The molecule has 0 saturated carbocycles. The van der Waals surface area contributed by atoms with E-state index in [0.717, 1.165) is 17.8 Å². The quantitative estimate of drug-likeness (QED) is 0.616. The molecule has 0 fully saturated rings. The van der Waals surface area contributed by atoms with E-state index in [-0.39, 0.29) is 5.91 Å². The fourth-order valence-corrected chi connectivity index (χ4v) is 1.41. The summed E-state index contributed by atoms with van der Waals surface area (Å²) in [7, 11) is 0. The van der Waals surface area contributed by atoms with Gasteiger partial charge in [0.15, 0.2) is 0 Å². The van der Waals surface area contributed by atoms with E-state index in [0.29, 0.717) is 18.5 Å². The van der Waals surface area contributed by atoms with E-state index < -0.39 is 0 Å². The van der Waals surface area contributed by atoms with Gasteiger partial charge in [-0.05, 0) is 32.4 Å². The van der Waals surface area contributed by atoms with Crippen molar-refractivity contribution in [1.29, 1.82) is 0 Å². The summed E-state index contributed by atoms with van der Waals surface area (Å²) in [5.41, 5.74) is 2.31. The number of carbonyl (C=O) groups excluding carboxylic acids is 1. The molecule has 0 aliphatic carbocycles. The Morgan fingerprint density at radius 2 is 2.25 bits per heavy atom. The smallest absolute Gasteiger partial charge is 0.253 e. The number of pyridine rings is 1. The number of aromatic nitrogens is 1. The number of rotatable bonds is 4. The highest BCUT2D eigenvalue weighted by Gasteiger charge is 2.08. The number of carbonyl (C=O) groups is 1. The lowest BCUT2D eigenvalue weighted by atomic mass is 10.1. The SMILES string of the molecule is C#CCCCNC(=O)c1ccc(C)nc1C. The highest BCUT2D eigenvalue weighted by molar-refractivity contribution is 5.95. The molecule has 16 heavy (non-hydrogen) atoms. The molecule has 0 spiro atoms. The van der Waals surface area contributed by atoms with Crippen molar-refractivity contribution in [1.82, 2.24) is 10.3 Å². The molecule has 1 N–H and O–H groups in total. The summed E-state index contributed by atoms with van der Waals surface area (Å²) in [6.45, 7) is 4.35. The number of terminal acetylenes is 1. The normalized spacial score (nSPS) is 9.56. The zero-order valence-corrected chi connectivity index (χ0v) is 9.71.